The van der Waals surface area contributed by atoms with Crippen LogP contribution in [-0.2, 0) is 21.1 Å². The number of carbonyl (C=O) groups is 1. The summed E-state index contributed by atoms with van der Waals surface area (Å²) in [5, 5.41) is 9.76. The van der Waals surface area contributed by atoms with E-state index in [1.165, 1.54) is 13.2 Å². The van der Waals surface area contributed by atoms with Gasteiger partial charge in [-0.1, -0.05) is 23.3 Å². The Morgan fingerprint density at radius 3 is 2.39 bits per heavy atom. The number of sulfone groups is 1. The second-order valence-corrected chi connectivity index (χ2v) is 9.86. The molecule has 3 aromatic rings. The summed E-state index contributed by atoms with van der Waals surface area (Å²) in [7, 11) is -0.245. The van der Waals surface area contributed by atoms with Gasteiger partial charge in [-0.05, 0) is 55.3 Å². The zero-order chi connectivity index (χ0) is 24.0. The summed E-state index contributed by atoms with van der Waals surface area (Å²) in [5.41, 5.74) is 1.55. The first-order valence-electron chi connectivity index (χ1n) is 10.1. The molecule has 33 heavy (non-hydrogen) atoms. The maximum atomic E-state index is 12.2. The number of hydrogen-bond acceptors (Lipinski definition) is 8. The smallest absolute Gasteiger partial charge is 0.322 e. The minimum atomic E-state index is -3.33. The lowest BCUT2D eigenvalue weighted by Gasteiger charge is -2.08. The number of methoxy groups -OCH3 is 2. The van der Waals surface area contributed by atoms with E-state index in [4.69, 9.17) is 13.9 Å². The summed E-state index contributed by atoms with van der Waals surface area (Å²) in [6, 6.07) is 11.7. The van der Waals surface area contributed by atoms with Crippen LogP contribution in [0.4, 0.5) is 6.01 Å². The van der Waals surface area contributed by atoms with Crippen molar-refractivity contribution in [1.29, 1.82) is 0 Å². The van der Waals surface area contributed by atoms with E-state index in [9.17, 15) is 13.2 Å². The summed E-state index contributed by atoms with van der Waals surface area (Å²) in [5.74, 6) is 0.988. The van der Waals surface area contributed by atoms with Crippen molar-refractivity contribution < 1.29 is 27.1 Å². The molecule has 10 heteroatoms. The minimum Gasteiger partial charge on any atom is -0.493 e. The van der Waals surface area contributed by atoms with E-state index in [0.29, 0.717) is 17.9 Å². The predicted molar refractivity (Wildman–Crippen MR) is 123 cm³/mol. The van der Waals surface area contributed by atoms with Gasteiger partial charge in [-0.15, -0.1) is 5.10 Å². The molecule has 9 nitrogen and oxygen atoms in total. The molecule has 2 aromatic carbocycles. The van der Waals surface area contributed by atoms with E-state index < -0.39 is 21.0 Å². The van der Waals surface area contributed by atoms with Crippen molar-refractivity contribution in [2.24, 2.45) is 0 Å². The SMILES string of the molecule is COc1ccc(/C=C/C(=O)Nc2nnc(Cc3ccc(S(=O)(=O)C(C)C)cc3)o2)cc1OC. The third-order valence-electron chi connectivity index (χ3n) is 4.76. The first-order chi connectivity index (χ1) is 15.7. The molecular weight excluding hydrogens is 446 g/mol. The molecule has 1 amide bonds. The Bertz CT molecular complexity index is 1250. The number of benzene rings is 2. The van der Waals surface area contributed by atoms with Gasteiger partial charge >= 0.3 is 6.01 Å². The molecular formula is C23H25N3O6S. The van der Waals surface area contributed by atoms with Crippen molar-refractivity contribution in [3.63, 3.8) is 0 Å². The molecule has 3 rings (SSSR count). The lowest BCUT2D eigenvalue weighted by atomic mass is 10.1. The van der Waals surface area contributed by atoms with Gasteiger partial charge in [-0.25, -0.2) is 8.42 Å². The number of aromatic nitrogens is 2. The van der Waals surface area contributed by atoms with Crippen LogP contribution in [0, 0.1) is 0 Å². The molecule has 0 saturated heterocycles. The Morgan fingerprint density at radius 2 is 1.76 bits per heavy atom. The van der Waals surface area contributed by atoms with E-state index in [1.807, 2.05) is 0 Å². The Balaban J connectivity index is 1.60. The fourth-order valence-corrected chi connectivity index (χ4v) is 3.95. The maximum absolute atomic E-state index is 12.2. The van der Waals surface area contributed by atoms with Crippen molar-refractivity contribution in [3.05, 3.63) is 65.6 Å². The molecule has 0 bridgehead atoms. The summed E-state index contributed by atoms with van der Waals surface area (Å²) in [4.78, 5) is 12.4. The van der Waals surface area contributed by atoms with E-state index in [1.54, 1.807) is 69.5 Å². The van der Waals surface area contributed by atoms with Crippen molar-refractivity contribution in [2.45, 2.75) is 30.4 Å². The number of rotatable bonds is 9. The highest BCUT2D eigenvalue weighted by atomic mass is 32.2. The van der Waals surface area contributed by atoms with E-state index in [0.717, 1.165) is 11.1 Å². The Hall–Kier alpha value is -3.66. The number of ether oxygens (including phenoxy) is 2. The molecule has 0 atom stereocenters. The molecule has 0 aliphatic carbocycles. The Labute approximate surface area is 192 Å². The van der Waals surface area contributed by atoms with Crippen LogP contribution in [0.25, 0.3) is 6.08 Å². The quantitative estimate of drug-likeness (QED) is 0.471. The summed E-state index contributed by atoms with van der Waals surface area (Å²) >= 11 is 0. The summed E-state index contributed by atoms with van der Waals surface area (Å²) < 4.78 is 40.3. The second kappa shape index (κ2) is 10.3. The van der Waals surface area contributed by atoms with Crippen molar-refractivity contribution in [2.75, 3.05) is 19.5 Å². The summed E-state index contributed by atoms with van der Waals surface area (Å²) in [6.45, 7) is 3.28. The number of anilines is 1. The van der Waals surface area contributed by atoms with Gasteiger partial charge in [-0.2, -0.15) is 0 Å². The molecule has 0 saturated carbocycles. The first-order valence-corrected chi connectivity index (χ1v) is 11.6. The number of hydrogen-bond donors (Lipinski definition) is 1. The molecule has 0 unspecified atom stereocenters. The van der Waals surface area contributed by atoms with Crippen LogP contribution >= 0.6 is 0 Å². The zero-order valence-corrected chi connectivity index (χ0v) is 19.5. The van der Waals surface area contributed by atoms with Crippen molar-refractivity contribution >= 4 is 27.8 Å². The lowest BCUT2D eigenvalue weighted by Crippen LogP contribution is -2.13. The maximum Gasteiger partial charge on any atom is 0.322 e. The van der Waals surface area contributed by atoms with Gasteiger partial charge in [0.05, 0.1) is 30.8 Å². The molecule has 0 aliphatic rings. The number of carbonyl (C=O) groups excluding carboxylic acids is 1. The van der Waals surface area contributed by atoms with Gasteiger partial charge in [-0.3, -0.25) is 10.1 Å². The van der Waals surface area contributed by atoms with E-state index in [-0.39, 0.29) is 16.8 Å². The average molecular weight is 472 g/mol. The molecule has 174 valence electrons. The fraction of sp³-hybridized carbons (Fsp3) is 0.261. The third-order valence-corrected chi connectivity index (χ3v) is 6.93. The second-order valence-electron chi connectivity index (χ2n) is 7.35. The molecule has 0 spiro atoms. The van der Waals surface area contributed by atoms with Crippen LogP contribution in [0.15, 0.2) is 57.9 Å². The largest absolute Gasteiger partial charge is 0.493 e. The first kappa shape index (κ1) is 24.0. The molecule has 1 heterocycles. The third kappa shape index (κ3) is 5.98. The predicted octanol–water partition coefficient (Wildman–Crippen LogP) is 3.51. The highest BCUT2D eigenvalue weighted by molar-refractivity contribution is 7.92. The zero-order valence-electron chi connectivity index (χ0n) is 18.7. The average Bonchev–Trinajstić information content (AvgIpc) is 3.24. The van der Waals surface area contributed by atoms with E-state index in [2.05, 4.69) is 15.5 Å². The normalized spacial score (nSPS) is 11.7. The summed E-state index contributed by atoms with van der Waals surface area (Å²) in [6.07, 6.45) is 3.24. The van der Waals surface area contributed by atoms with E-state index >= 15 is 0 Å². The van der Waals surface area contributed by atoms with Crippen LogP contribution in [0.3, 0.4) is 0 Å². The van der Waals surface area contributed by atoms with Gasteiger partial charge < -0.3 is 13.9 Å². The number of amides is 1. The monoisotopic (exact) mass is 471 g/mol. The molecule has 0 radical (unpaired) electrons. The van der Waals surface area contributed by atoms with Crippen LogP contribution in [0.5, 0.6) is 11.5 Å². The van der Waals surface area contributed by atoms with Gasteiger partial charge in [0, 0.05) is 6.08 Å². The van der Waals surface area contributed by atoms with Crippen LogP contribution < -0.4 is 14.8 Å². The molecule has 0 aliphatic heterocycles. The highest BCUT2D eigenvalue weighted by Crippen LogP contribution is 2.28. The Kier molecular flexibility index (Phi) is 7.49. The van der Waals surface area contributed by atoms with Gasteiger partial charge in [0.25, 0.3) is 5.91 Å². The Morgan fingerprint density at radius 1 is 1.06 bits per heavy atom. The molecule has 0 fully saturated rings. The van der Waals surface area contributed by atoms with Crippen LogP contribution in [-0.4, -0.2) is 44.0 Å². The van der Waals surface area contributed by atoms with Gasteiger partial charge in [0.2, 0.25) is 5.89 Å². The lowest BCUT2D eigenvalue weighted by molar-refractivity contribution is -0.112. The fourth-order valence-electron chi connectivity index (χ4n) is 2.89. The van der Waals surface area contributed by atoms with Gasteiger partial charge in [0.15, 0.2) is 21.3 Å². The van der Waals surface area contributed by atoms with Crippen LogP contribution in [0.1, 0.15) is 30.9 Å². The standard InChI is InChI=1S/C23H25N3O6S/c1-15(2)33(28,29)18-9-5-17(6-10-18)14-22-25-26-23(32-22)24-21(27)12-8-16-7-11-19(30-3)20(13-16)31-4/h5-13,15H,14H2,1-4H3,(H,24,26,27)/b12-8+. The molecule has 1 N–H and O–H groups in total. The van der Waals surface area contributed by atoms with Crippen molar-refractivity contribution in [1.82, 2.24) is 10.2 Å². The van der Waals surface area contributed by atoms with Crippen LogP contribution in [0.2, 0.25) is 0 Å². The topological polar surface area (TPSA) is 121 Å². The molecule has 1 aromatic heterocycles. The highest BCUT2D eigenvalue weighted by Gasteiger charge is 2.19. The number of nitrogens with one attached hydrogen (secondary N) is 1. The number of nitrogens with zero attached hydrogens (tertiary/aromatic N) is 2. The van der Waals surface area contributed by atoms with Gasteiger partial charge in [0.1, 0.15) is 0 Å². The van der Waals surface area contributed by atoms with Crippen molar-refractivity contribution in [3.8, 4) is 11.5 Å². The minimum absolute atomic E-state index is 0.0361.